The Hall–Kier alpha value is -1.40. The molecule has 0 spiro atoms. The van der Waals surface area contributed by atoms with E-state index in [1.165, 1.54) is 5.56 Å². The monoisotopic (exact) mass is 338 g/mol. The summed E-state index contributed by atoms with van der Waals surface area (Å²) in [6, 6.07) is 6.55. The zero-order valence-corrected chi connectivity index (χ0v) is 13.5. The molecule has 0 amide bonds. The van der Waals surface area contributed by atoms with Crippen LogP contribution in [0.2, 0.25) is 0 Å². The Morgan fingerprint density at radius 1 is 1.40 bits per heavy atom. The van der Waals surface area contributed by atoms with Crippen molar-refractivity contribution in [1.29, 1.82) is 0 Å². The highest BCUT2D eigenvalue weighted by molar-refractivity contribution is 9.10. The van der Waals surface area contributed by atoms with Crippen molar-refractivity contribution in [3.8, 4) is 5.75 Å². The van der Waals surface area contributed by atoms with Crippen LogP contribution in [-0.2, 0) is 6.54 Å². The largest absolute Gasteiger partial charge is 0.497 e. The molecule has 0 aliphatic carbocycles. The summed E-state index contributed by atoms with van der Waals surface area (Å²) >= 11 is 3.59. The van der Waals surface area contributed by atoms with Crippen LogP contribution in [0.1, 0.15) is 25.5 Å². The summed E-state index contributed by atoms with van der Waals surface area (Å²) in [5.74, 6) is 0.850. The molecule has 0 aliphatic heterocycles. The summed E-state index contributed by atoms with van der Waals surface area (Å²) in [7, 11) is 1.67. The first-order chi connectivity index (χ1) is 9.60. The second kappa shape index (κ2) is 6.85. The van der Waals surface area contributed by atoms with E-state index in [4.69, 9.17) is 4.74 Å². The van der Waals surface area contributed by atoms with Gasteiger partial charge in [0.25, 0.3) is 0 Å². The van der Waals surface area contributed by atoms with Crippen molar-refractivity contribution in [1.82, 2.24) is 20.1 Å². The summed E-state index contributed by atoms with van der Waals surface area (Å²) in [6.07, 6.45) is 3.28. The van der Waals surface area contributed by atoms with Crippen LogP contribution >= 0.6 is 15.9 Å². The lowest BCUT2D eigenvalue weighted by Gasteiger charge is -2.21. The van der Waals surface area contributed by atoms with Crippen molar-refractivity contribution in [2.45, 2.75) is 32.5 Å². The van der Waals surface area contributed by atoms with E-state index in [1.54, 1.807) is 19.8 Å². The van der Waals surface area contributed by atoms with E-state index in [2.05, 4.69) is 51.2 Å². The molecule has 1 aromatic carbocycles. The second-order valence-corrected chi connectivity index (χ2v) is 5.65. The van der Waals surface area contributed by atoms with E-state index < -0.39 is 0 Å². The van der Waals surface area contributed by atoms with Crippen LogP contribution < -0.4 is 10.1 Å². The molecule has 2 unspecified atom stereocenters. The number of benzene rings is 1. The summed E-state index contributed by atoms with van der Waals surface area (Å²) in [6.45, 7) is 5.07. The van der Waals surface area contributed by atoms with Gasteiger partial charge in [0.2, 0.25) is 0 Å². The fourth-order valence-corrected chi connectivity index (χ4v) is 2.86. The van der Waals surface area contributed by atoms with Gasteiger partial charge < -0.3 is 10.1 Å². The predicted octanol–water partition coefficient (Wildman–Crippen LogP) is 2.79. The van der Waals surface area contributed by atoms with E-state index in [9.17, 15) is 0 Å². The quantitative estimate of drug-likeness (QED) is 0.879. The number of nitrogens with one attached hydrogen (secondary N) is 1. The molecule has 5 nitrogen and oxygen atoms in total. The molecule has 108 valence electrons. The molecule has 0 radical (unpaired) electrons. The van der Waals surface area contributed by atoms with Crippen LogP contribution in [0.15, 0.2) is 35.3 Å². The fourth-order valence-electron chi connectivity index (χ4n) is 2.16. The highest BCUT2D eigenvalue weighted by Gasteiger charge is 2.13. The van der Waals surface area contributed by atoms with E-state index >= 15 is 0 Å². The fraction of sp³-hybridized carbons (Fsp3) is 0.429. The highest BCUT2D eigenvalue weighted by Crippen LogP contribution is 2.27. The third-order valence-electron chi connectivity index (χ3n) is 3.14. The molecular weight excluding hydrogens is 320 g/mol. The Morgan fingerprint density at radius 2 is 2.20 bits per heavy atom. The zero-order chi connectivity index (χ0) is 14.5. The van der Waals surface area contributed by atoms with Gasteiger partial charge in [0.15, 0.2) is 0 Å². The van der Waals surface area contributed by atoms with Crippen molar-refractivity contribution in [3.63, 3.8) is 0 Å². The van der Waals surface area contributed by atoms with Crippen LogP contribution in [0.3, 0.4) is 0 Å². The van der Waals surface area contributed by atoms with Crippen molar-refractivity contribution in [3.05, 3.63) is 40.9 Å². The van der Waals surface area contributed by atoms with Crippen LogP contribution in [0.5, 0.6) is 5.75 Å². The zero-order valence-electron chi connectivity index (χ0n) is 11.9. The minimum atomic E-state index is 0.230. The van der Waals surface area contributed by atoms with Crippen molar-refractivity contribution in [2.24, 2.45) is 0 Å². The Kier molecular flexibility index (Phi) is 5.14. The van der Waals surface area contributed by atoms with E-state index in [-0.39, 0.29) is 6.04 Å². The van der Waals surface area contributed by atoms with Crippen LogP contribution in [-0.4, -0.2) is 27.9 Å². The number of aromatic nitrogens is 3. The Labute approximate surface area is 127 Å². The van der Waals surface area contributed by atoms with Gasteiger partial charge in [0, 0.05) is 16.6 Å². The van der Waals surface area contributed by atoms with Gasteiger partial charge in [-0.15, -0.1) is 0 Å². The highest BCUT2D eigenvalue weighted by atomic mass is 79.9. The van der Waals surface area contributed by atoms with Crippen molar-refractivity contribution >= 4 is 15.9 Å². The lowest BCUT2D eigenvalue weighted by Crippen LogP contribution is -2.33. The number of methoxy groups -OCH3 is 1. The maximum Gasteiger partial charge on any atom is 0.137 e. The van der Waals surface area contributed by atoms with Crippen molar-refractivity contribution < 1.29 is 4.74 Å². The topological polar surface area (TPSA) is 52.0 Å². The van der Waals surface area contributed by atoms with Gasteiger partial charge in [0.1, 0.15) is 18.4 Å². The summed E-state index contributed by atoms with van der Waals surface area (Å²) in [4.78, 5) is 3.95. The number of ether oxygens (including phenoxy) is 1. The lowest BCUT2D eigenvalue weighted by atomic mass is 10.1. The maximum atomic E-state index is 5.21. The number of hydrogen-bond acceptors (Lipinski definition) is 4. The molecule has 2 aromatic rings. The first-order valence-electron chi connectivity index (χ1n) is 6.52. The third-order valence-corrected chi connectivity index (χ3v) is 3.82. The summed E-state index contributed by atoms with van der Waals surface area (Å²) in [5, 5.41) is 7.67. The average Bonchev–Trinajstić information content (AvgIpc) is 2.90. The molecule has 0 saturated heterocycles. The average molecular weight is 339 g/mol. The van der Waals surface area contributed by atoms with E-state index in [0.29, 0.717) is 6.04 Å². The molecule has 1 aromatic heterocycles. The van der Waals surface area contributed by atoms with Gasteiger partial charge >= 0.3 is 0 Å². The molecule has 0 fully saturated rings. The van der Waals surface area contributed by atoms with Gasteiger partial charge in [-0.3, -0.25) is 4.68 Å². The third kappa shape index (κ3) is 3.80. The van der Waals surface area contributed by atoms with Crippen LogP contribution in [0.25, 0.3) is 0 Å². The predicted molar refractivity (Wildman–Crippen MR) is 81.7 cm³/mol. The summed E-state index contributed by atoms with van der Waals surface area (Å²) < 4.78 is 8.08. The molecule has 2 atom stereocenters. The number of hydrogen-bond donors (Lipinski definition) is 1. The van der Waals surface area contributed by atoms with Gasteiger partial charge in [-0.05, 0) is 31.5 Å². The minimum Gasteiger partial charge on any atom is -0.497 e. The molecular formula is C14H19BrN4O. The summed E-state index contributed by atoms with van der Waals surface area (Å²) in [5.41, 5.74) is 1.20. The number of halogens is 1. The second-order valence-electron chi connectivity index (χ2n) is 4.79. The molecule has 1 heterocycles. The molecule has 0 saturated carbocycles. The number of rotatable bonds is 6. The van der Waals surface area contributed by atoms with Gasteiger partial charge in [-0.25, -0.2) is 4.98 Å². The minimum absolute atomic E-state index is 0.230. The first kappa shape index (κ1) is 15.0. The van der Waals surface area contributed by atoms with Gasteiger partial charge in [-0.2, -0.15) is 5.10 Å². The standard InChI is InChI=1S/C14H19BrN4O/c1-10(7-19-9-16-8-17-19)18-11(2)13-5-4-12(20-3)6-14(13)15/h4-6,8-11,18H,7H2,1-3H3. The molecule has 1 N–H and O–H groups in total. The smallest absolute Gasteiger partial charge is 0.137 e. The SMILES string of the molecule is COc1ccc(C(C)NC(C)Cn2cncn2)c(Br)c1. The molecule has 20 heavy (non-hydrogen) atoms. The van der Waals surface area contributed by atoms with Gasteiger partial charge in [-0.1, -0.05) is 22.0 Å². The van der Waals surface area contributed by atoms with Crippen molar-refractivity contribution in [2.75, 3.05) is 7.11 Å². The maximum absolute atomic E-state index is 5.21. The Morgan fingerprint density at radius 3 is 2.80 bits per heavy atom. The van der Waals surface area contributed by atoms with Gasteiger partial charge in [0.05, 0.1) is 13.7 Å². The molecule has 0 bridgehead atoms. The normalized spacial score (nSPS) is 14.0. The number of nitrogens with zero attached hydrogens (tertiary/aromatic N) is 3. The lowest BCUT2D eigenvalue weighted by molar-refractivity contribution is 0.407. The Bertz CT molecular complexity index is 544. The van der Waals surface area contributed by atoms with Crippen LogP contribution in [0, 0.1) is 0 Å². The van der Waals surface area contributed by atoms with Crippen LogP contribution in [0.4, 0.5) is 0 Å². The molecule has 6 heteroatoms. The molecule has 2 rings (SSSR count). The first-order valence-corrected chi connectivity index (χ1v) is 7.31. The van der Waals surface area contributed by atoms with E-state index in [0.717, 1.165) is 16.8 Å². The molecule has 0 aliphatic rings. The Balaban J connectivity index is 1.98. The van der Waals surface area contributed by atoms with E-state index in [1.807, 2.05) is 16.8 Å².